The first kappa shape index (κ1) is 21.0. The summed E-state index contributed by atoms with van der Waals surface area (Å²) >= 11 is 0. The van der Waals surface area contributed by atoms with Crippen molar-refractivity contribution in [2.45, 2.75) is 70.2 Å². The lowest BCUT2D eigenvalue weighted by molar-refractivity contribution is -0.150. The number of fused-ring (bicyclic) bond motifs is 1. The predicted octanol–water partition coefficient (Wildman–Crippen LogP) is 0.0402. The average molecular weight is 396 g/mol. The Hall–Kier alpha value is -1.67. The first-order chi connectivity index (χ1) is 13.2. The van der Waals surface area contributed by atoms with Crippen LogP contribution in [0.5, 0.6) is 0 Å². The fraction of sp³-hybridized carbons (Fsp3) is 0.850. The van der Waals surface area contributed by atoms with Crippen LogP contribution in [0.25, 0.3) is 0 Å². The molecule has 3 heterocycles. The SMILES string of the molecule is CCCCNC(=O)C1N([C@H](C)CO)C(=O)[C@@H]2[C@@H](C(=O)NC)[C@]3(C)OC12CC3C. The summed E-state index contributed by atoms with van der Waals surface area (Å²) in [5, 5.41) is 15.3. The molecule has 0 aromatic carbocycles. The van der Waals surface area contributed by atoms with Gasteiger partial charge in [0.05, 0.1) is 30.1 Å². The molecular weight excluding hydrogens is 362 g/mol. The van der Waals surface area contributed by atoms with E-state index in [1.165, 1.54) is 4.90 Å². The molecule has 3 amide bonds. The second-order valence-corrected chi connectivity index (χ2v) is 8.74. The van der Waals surface area contributed by atoms with Gasteiger partial charge in [-0.15, -0.1) is 0 Å². The Kier molecular flexibility index (Phi) is 5.49. The summed E-state index contributed by atoms with van der Waals surface area (Å²) in [4.78, 5) is 40.9. The smallest absolute Gasteiger partial charge is 0.245 e. The summed E-state index contributed by atoms with van der Waals surface area (Å²) in [6, 6.07) is -1.38. The fourth-order valence-corrected chi connectivity index (χ4v) is 5.58. The Morgan fingerprint density at radius 2 is 2.07 bits per heavy atom. The average Bonchev–Trinajstić information content (AvgIpc) is 3.17. The van der Waals surface area contributed by atoms with Crippen molar-refractivity contribution in [1.82, 2.24) is 15.5 Å². The molecule has 3 N–H and O–H groups in total. The Balaban J connectivity index is 2.06. The normalized spacial score (nSPS) is 39.8. The standard InChI is InChI=1S/C20H33N3O5/c1-6-7-8-22-17(26)15-20-9-11(2)19(4,28-20)13(16(25)21-5)14(20)18(27)23(15)12(3)10-24/h11-15,24H,6-10H2,1-5H3,(H,21,25)(H,22,26)/t11?,12-,13+,14+,15?,19-,20?/m1/s1. The number of unbranched alkanes of at least 4 members (excludes halogenated alkanes) is 1. The quantitative estimate of drug-likeness (QED) is 0.528. The van der Waals surface area contributed by atoms with Crippen LogP contribution in [0.1, 0.15) is 47.0 Å². The lowest BCUT2D eigenvalue weighted by atomic mass is 9.62. The lowest BCUT2D eigenvalue weighted by Crippen LogP contribution is -2.57. The van der Waals surface area contributed by atoms with E-state index in [0.717, 1.165) is 12.8 Å². The van der Waals surface area contributed by atoms with Gasteiger partial charge in [-0.25, -0.2) is 0 Å². The summed E-state index contributed by atoms with van der Waals surface area (Å²) in [5.74, 6) is -2.13. The van der Waals surface area contributed by atoms with Gasteiger partial charge in [0.1, 0.15) is 11.6 Å². The van der Waals surface area contributed by atoms with E-state index in [9.17, 15) is 19.5 Å². The second kappa shape index (κ2) is 7.30. The molecule has 158 valence electrons. The zero-order valence-electron chi connectivity index (χ0n) is 17.4. The van der Waals surface area contributed by atoms with Crippen LogP contribution in [0.3, 0.4) is 0 Å². The van der Waals surface area contributed by atoms with Crippen molar-refractivity contribution in [3.05, 3.63) is 0 Å². The first-order valence-electron chi connectivity index (χ1n) is 10.3. The van der Waals surface area contributed by atoms with Crippen LogP contribution in [0.4, 0.5) is 0 Å². The number of amides is 3. The number of aliphatic hydroxyl groups is 1. The minimum absolute atomic E-state index is 0.0224. The van der Waals surface area contributed by atoms with E-state index in [-0.39, 0.29) is 30.2 Å². The van der Waals surface area contributed by atoms with Gasteiger partial charge in [0.2, 0.25) is 17.7 Å². The highest BCUT2D eigenvalue weighted by molar-refractivity contribution is 5.99. The van der Waals surface area contributed by atoms with Crippen LogP contribution in [0, 0.1) is 17.8 Å². The van der Waals surface area contributed by atoms with Gasteiger partial charge in [0.25, 0.3) is 0 Å². The third kappa shape index (κ3) is 2.68. The van der Waals surface area contributed by atoms with E-state index in [0.29, 0.717) is 13.0 Å². The number of carbonyl (C=O) groups excluding carboxylic acids is 3. The highest BCUT2D eigenvalue weighted by Gasteiger charge is 2.80. The van der Waals surface area contributed by atoms with E-state index in [1.807, 2.05) is 20.8 Å². The van der Waals surface area contributed by atoms with Gasteiger partial charge >= 0.3 is 0 Å². The molecule has 3 saturated heterocycles. The number of rotatable bonds is 7. The molecule has 0 radical (unpaired) electrons. The number of aliphatic hydroxyl groups excluding tert-OH is 1. The highest BCUT2D eigenvalue weighted by Crippen LogP contribution is 2.65. The Morgan fingerprint density at radius 1 is 1.39 bits per heavy atom. The summed E-state index contributed by atoms with van der Waals surface area (Å²) in [7, 11) is 1.55. The Labute approximate surface area is 166 Å². The lowest BCUT2D eigenvalue weighted by Gasteiger charge is -2.36. The van der Waals surface area contributed by atoms with Gasteiger partial charge < -0.3 is 25.4 Å². The zero-order chi connectivity index (χ0) is 20.9. The van der Waals surface area contributed by atoms with Gasteiger partial charge in [-0.2, -0.15) is 0 Å². The number of carbonyl (C=O) groups is 3. The maximum Gasteiger partial charge on any atom is 0.245 e. The number of nitrogens with one attached hydrogen (secondary N) is 2. The molecule has 0 aromatic rings. The molecule has 3 rings (SSSR count). The van der Waals surface area contributed by atoms with Gasteiger partial charge in [0, 0.05) is 13.6 Å². The van der Waals surface area contributed by atoms with Gasteiger partial charge in [-0.1, -0.05) is 20.3 Å². The van der Waals surface area contributed by atoms with Crippen LogP contribution in [0.2, 0.25) is 0 Å². The van der Waals surface area contributed by atoms with Crippen molar-refractivity contribution in [3.63, 3.8) is 0 Å². The topological polar surface area (TPSA) is 108 Å². The summed E-state index contributed by atoms with van der Waals surface area (Å²) in [6.07, 6.45) is 2.32. The van der Waals surface area contributed by atoms with Crippen molar-refractivity contribution < 1.29 is 24.2 Å². The fourth-order valence-electron chi connectivity index (χ4n) is 5.58. The zero-order valence-corrected chi connectivity index (χ0v) is 17.4. The van der Waals surface area contributed by atoms with Crippen LogP contribution in [-0.2, 0) is 19.1 Å². The van der Waals surface area contributed by atoms with Crippen LogP contribution in [-0.4, -0.2) is 71.2 Å². The summed E-state index contributed by atoms with van der Waals surface area (Å²) in [5.41, 5.74) is -1.83. The molecule has 3 aliphatic heterocycles. The third-order valence-corrected chi connectivity index (χ3v) is 7.10. The molecular formula is C20H33N3O5. The molecule has 3 aliphatic rings. The maximum absolute atomic E-state index is 13.5. The number of hydrogen-bond donors (Lipinski definition) is 3. The van der Waals surface area contributed by atoms with Crippen LogP contribution in [0.15, 0.2) is 0 Å². The maximum atomic E-state index is 13.5. The van der Waals surface area contributed by atoms with Crippen molar-refractivity contribution in [2.75, 3.05) is 20.2 Å². The molecule has 3 unspecified atom stereocenters. The number of nitrogens with zero attached hydrogens (tertiary/aromatic N) is 1. The molecule has 7 atom stereocenters. The minimum Gasteiger partial charge on any atom is -0.394 e. The molecule has 1 spiro atoms. The number of ether oxygens (including phenoxy) is 1. The molecule has 8 heteroatoms. The molecule has 28 heavy (non-hydrogen) atoms. The van der Waals surface area contributed by atoms with E-state index < -0.39 is 35.1 Å². The van der Waals surface area contributed by atoms with Gasteiger partial charge in [-0.05, 0) is 32.6 Å². The Morgan fingerprint density at radius 3 is 2.64 bits per heavy atom. The predicted molar refractivity (Wildman–Crippen MR) is 102 cm³/mol. The first-order valence-corrected chi connectivity index (χ1v) is 10.3. The minimum atomic E-state index is -1.04. The molecule has 2 bridgehead atoms. The monoisotopic (exact) mass is 395 g/mol. The number of hydrogen-bond acceptors (Lipinski definition) is 5. The van der Waals surface area contributed by atoms with E-state index in [2.05, 4.69) is 10.6 Å². The molecule has 0 saturated carbocycles. The number of likely N-dealkylation sites (tertiary alicyclic amines) is 1. The van der Waals surface area contributed by atoms with Crippen molar-refractivity contribution in [2.24, 2.45) is 17.8 Å². The molecule has 8 nitrogen and oxygen atoms in total. The van der Waals surface area contributed by atoms with E-state index in [1.54, 1.807) is 14.0 Å². The largest absolute Gasteiger partial charge is 0.394 e. The second-order valence-electron chi connectivity index (χ2n) is 8.74. The summed E-state index contributed by atoms with van der Waals surface area (Å²) < 4.78 is 6.49. The van der Waals surface area contributed by atoms with E-state index in [4.69, 9.17) is 4.74 Å². The van der Waals surface area contributed by atoms with Crippen molar-refractivity contribution in [1.29, 1.82) is 0 Å². The molecule has 0 aliphatic carbocycles. The van der Waals surface area contributed by atoms with Crippen molar-refractivity contribution in [3.8, 4) is 0 Å². The molecule has 0 aromatic heterocycles. The third-order valence-electron chi connectivity index (χ3n) is 7.10. The highest BCUT2D eigenvalue weighted by atomic mass is 16.5. The van der Waals surface area contributed by atoms with Crippen LogP contribution < -0.4 is 10.6 Å². The van der Waals surface area contributed by atoms with Crippen molar-refractivity contribution >= 4 is 17.7 Å². The van der Waals surface area contributed by atoms with Gasteiger partial charge in [-0.3, -0.25) is 14.4 Å². The Bertz CT molecular complexity index is 670. The van der Waals surface area contributed by atoms with Crippen LogP contribution >= 0.6 is 0 Å². The molecule has 3 fully saturated rings. The summed E-state index contributed by atoms with van der Waals surface area (Å²) in [6.45, 7) is 7.91. The van der Waals surface area contributed by atoms with Gasteiger partial charge in [0.15, 0.2) is 0 Å². The van der Waals surface area contributed by atoms with E-state index >= 15 is 0 Å².